The molecule has 0 bridgehead atoms. The Morgan fingerprint density at radius 3 is 2.40 bits per heavy atom. The number of anilines is 1. The Hall–Kier alpha value is -3.64. The fourth-order valence-electron chi connectivity index (χ4n) is 4.35. The highest BCUT2D eigenvalue weighted by molar-refractivity contribution is 6.07. The third kappa shape index (κ3) is 5.54. The lowest BCUT2D eigenvalue weighted by atomic mass is 9.99. The molecule has 35 heavy (non-hydrogen) atoms. The summed E-state index contributed by atoms with van der Waals surface area (Å²) in [5.41, 5.74) is 3.94. The molecule has 182 valence electrons. The average molecular weight is 476 g/mol. The van der Waals surface area contributed by atoms with Crippen LogP contribution in [0.15, 0.2) is 66.7 Å². The fourth-order valence-corrected chi connectivity index (χ4v) is 4.35. The van der Waals surface area contributed by atoms with Gasteiger partial charge in [-0.05, 0) is 53.6 Å². The van der Waals surface area contributed by atoms with E-state index in [1.54, 1.807) is 19.3 Å². The molecule has 1 saturated heterocycles. The second-order valence-electron chi connectivity index (χ2n) is 9.39. The highest BCUT2D eigenvalue weighted by Crippen LogP contribution is 2.34. The SMILES string of the molecule is COc1ccc(C(=O)C=Cc2cc(-c3ccccc3OC)ccc2N2CC[N+](C)(C)CC2)c(F)c1. The first-order chi connectivity index (χ1) is 16.8. The minimum Gasteiger partial charge on any atom is -0.497 e. The summed E-state index contributed by atoms with van der Waals surface area (Å²) in [5, 5.41) is 0. The first kappa shape index (κ1) is 24.5. The van der Waals surface area contributed by atoms with Gasteiger partial charge >= 0.3 is 0 Å². The maximum Gasteiger partial charge on any atom is 0.188 e. The molecule has 6 heteroatoms. The van der Waals surface area contributed by atoms with Crippen molar-refractivity contribution in [2.24, 2.45) is 0 Å². The van der Waals surface area contributed by atoms with E-state index in [4.69, 9.17) is 9.47 Å². The number of piperazine rings is 1. The number of allylic oxidation sites excluding steroid dienone is 1. The number of nitrogens with zero attached hydrogens (tertiary/aromatic N) is 2. The molecule has 0 saturated carbocycles. The molecule has 0 aromatic heterocycles. The number of ketones is 1. The van der Waals surface area contributed by atoms with Gasteiger partial charge in [-0.1, -0.05) is 24.3 Å². The third-order valence-corrected chi connectivity index (χ3v) is 6.59. The predicted octanol–water partition coefficient (Wildman–Crippen LogP) is 5.30. The predicted molar refractivity (Wildman–Crippen MR) is 139 cm³/mol. The van der Waals surface area contributed by atoms with Crippen LogP contribution in [0.5, 0.6) is 11.5 Å². The van der Waals surface area contributed by atoms with Gasteiger partial charge in [-0.25, -0.2) is 4.39 Å². The summed E-state index contributed by atoms with van der Waals surface area (Å²) in [4.78, 5) is 15.2. The Morgan fingerprint density at radius 2 is 1.71 bits per heavy atom. The number of rotatable bonds is 7. The zero-order valence-corrected chi connectivity index (χ0v) is 20.8. The van der Waals surface area contributed by atoms with Gasteiger partial charge in [0.25, 0.3) is 0 Å². The molecule has 1 aliphatic rings. The molecule has 4 rings (SSSR count). The molecule has 0 unspecified atom stereocenters. The summed E-state index contributed by atoms with van der Waals surface area (Å²) in [6, 6.07) is 18.4. The normalized spacial score (nSPS) is 15.3. The van der Waals surface area contributed by atoms with E-state index in [2.05, 4.69) is 37.2 Å². The van der Waals surface area contributed by atoms with E-state index in [1.165, 1.54) is 25.3 Å². The van der Waals surface area contributed by atoms with Crippen LogP contribution < -0.4 is 14.4 Å². The van der Waals surface area contributed by atoms with E-state index in [0.29, 0.717) is 5.75 Å². The molecule has 0 amide bonds. The first-order valence-corrected chi connectivity index (χ1v) is 11.7. The number of methoxy groups -OCH3 is 2. The summed E-state index contributed by atoms with van der Waals surface area (Å²) >= 11 is 0. The van der Waals surface area contributed by atoms with Crippen LogP contribution >= 0.6 is 0 Å². The number of hydrogen-bond donors (Lipinski definition) is 0. The van der Waals surface area contributed by atoms with Crippen LogP contribution in [-0.2, 0) is 0 Å². The first-order valence-electron chi connectivity index (χ1n) is 11.7. The Bertz CT molecular complexity index is 1240. The molecule has 0 N–H and O–H groups in total. The van der Waals surface area contributed by atoms with Gasteiger partial charge in [0.1, 0.15) is 17.3 Å². The van der Waals surface area contributed by atoms with Crippen molar-refractivity contribution in [2.45, 2.75) is 0 Å². The van der Waals surface area contributed by atoms with Gasteiger partial charge in [0, 0.05) is 17.3 Å². The molecular weight excluding hydrogens is 443 g/mol. The number of para-hydroxylation sites is 1. The third-order valence-electron chi connectivity index (χ3n) is 6.59. The van der Waals surface area contributed by atoms with Crippen molar-refractivity contribution in [3.8, 4) is 22.6 Å². The van der Waals surface area contributed by atoms with Gasteiger partial charge in [0.2, 0.25) is 0 Å². The fraction of sp³-hybridized carbons (Fsp3) is 0.276. The summed E-state index contributed by atoms with van der Waals surface area (Å²) < 4.78 is 26.1. The highest BCUT2D eigenvalue weighted by Gasteiger charge is 2.25. The smallest absolute Gasteiger partial charge is 0.188 e. The largest absolute Gasteiger partial charge is 0.497 e. The zero-order chi connectivity index (χ0) is 25.0. The van der Waals surface area contributed by atoms with E-state index < -0.39 is 11.6 Å². The number of benzene rings is 3. The second kappa shape index (κ2) is 10.3. The van der Waals surface area contributed by atoms with Gasteiger partial charge in [0.15, 0.2) is 5.78 Å². The van der Waals surface area contributed by atoms with E-state index >= 15 is 0 Å². The molecule has 0 aliphatic carbocycles. The maximum atomic E-state index is 14.5. The van der Waals surface area contributed by atoms with Crippen molar-refractivity contribution < 1.29 is 23.1 Å². The van der Waals surface area contributed by atoms with Crippen molar-refractivity contribution in [3.05, 3.63) is 83.7 Å². The van der Waals surface area contributed by atoms with Crippen molar-refractivity contribution in [2.75, 3.05) is 59.4 Å². The number of ether oxygens (including phenoxy) is 2. The molecule has 0 spiro atoms. The molecule has 3 aromatic carbocycles. The summed E-state index contributed by atoms with van der Waals surface area (Å²) in [6.45, 7) is 3.91. The number of likely N-dealkylation sites (N-methyl/N-ethyl adjacent to an activating group) is 1. The Kier molecular flexibility index (Phi) is 7.22. The van der Waals surface area contributed by atoms with E-state index in [-0.39, 0.29) is 5.56 Å². The van der Waals surface area contributed by atoms with Crippen LogP contribution in [0.3, 0.4) is 0 Å². The number of carbonyl (C=O) groups is 1. The van der Waals surface area contributed by atoms with Crippen LogP contribution in [0, 0.1) is 5.82 Å². The lowest BCUT2D eigenvalue weighted by molar-refractivity contribution is -0.890. The molecule has 0 radical (unpaired) electrons. The van der Waals surface area contributed by atoms with Crippen LogP contribution in [0.25, 0.3) is 17.2 Å². The van der Waals surface area contributed by atoms with E-state index in [0.717, 1.165) is 58.8 Å². The zero-order valence-electron chi connectivity index (χ0n) is 20.8. The number of halogens is 1. The molecule has 1 heterocycles. The van der Waals surface area contributed by atoms with Crippen LogP contribution in [0.1, 0.15) is 15.9 Å². The highest BCUT2D eigenvalue weighted by atomic mass is 19.1. The molecule has 1 fully saturated rings. The maximum absolute atomic E-state index is 14.5. The molecule has 3 aromatic rings. The lowest BCUT2D eigenvalue weighted by Crippen LogP contribution is -2.55. The number of hydrogen-bond acceptors (Lipinski definition) is 4. The van der Waals surface area contributed by atoms with Crippen LogP contribution in [-0.4, -0.2) is 64.8 Å². The summed E-state index contributed by atoms with van der Waals surface area (Å²) in [5.74, 6) is 0.165. The van der Waals surface area contributed by atoms with E-state index in [9.17, 15) is 9.18 Å². The Balaban J connectivity index is 1.71. The number of carbonyl (C=O) groups excluding carboxylic acids is 1. The van der Waals surface area contributed by atoms with Crippen molar-refractivity contribution in [1.29, 1.82) is 0 Å². The molecule has 0 atom stereocenters. The standard InChI is InChI=1S/C29H32FN2O3/c1-32(2)17-15-31(16-18-32)27-13-9-21(24-7-5-6-8-29(24)35-4)19-22(27)10-14-28(33)25-12-11-23(34-3)20-26(25)30/h5-14,19-20H,15-18H2,1-4H3/q+1. The van der Waals surface area contributed by atoms with Gasteiger partial charge in [-0.15, -0.1) is 0 Å². The van der Waals surface area contributed by atoms with Gasteiger partial charge in [0.05, 0.1) is 60.1 Å². The Labute approximate surface area is 206 Å². The van der Waals surface area contributed by atoms with Crippen molar-refractivity contribution in [1.82, 2.24) is 0 Å². The van der Waals surface area contributed by atoms with Gasteiger partial charge in [-0.3, -0.25) is 4.79 Å². The summed E-state index contributed by atoms with van der Waals surface area (Å²) in [6.07, 6.45) is 3.23. The van der Waals surface area contributed by atoms with Crippen molar-refractivity contribution >= 4 is 17.5 Å². The van der Waals surface area contributed by atoms with E-state index in [1.807, 2.05) is 24.3 Å². The van der Waals surface area contributed by atoms with Gasteiger partial charge < -0.3 is 18.9 Å². The quantitative estimate of drug-likeness (QED) is 0.264. The minimum absolute atomic E-state index is 0.0153. The lowest BCUT2D eigenvalue weighted by Gasteiger charge is -2.40. The second-order valence-corrected chi connectivity index (χ2v) is 9.39. The Morgan fingerprint density at radius 1 is 0.971 bits per heavy atom. The van der Waals surface area contributed by atoms with Crippen molar-refractivity contribution in [3.63, 3.8) is 0 Å². The minimum atomic E-state index is -0.599. The van der Waals surface area contributed by atoms with Gasteiger partial charge in [-0.2, -0.15) is 0 Å². The molecule has 1 aliphatic heterocycles. The monoisotopic (exact) mass is 475 g/mol. The van der Waals surface area contributed by atoms with Crippen LogP contribution in [0.2, 0.25) is 0 Å². The topological polar surface area (TPSA) is 38.8 Å². The summed E-state index contributed by atoms with van der Waals surface area (Å²) in [7, 11) is 7.60. The van der Waals surface area contributed by atoms with Crippen LogP contribution in [0.4, 0.5) is 10.1 Å². The molecular formula is C29H32FN2O3+. The molecule has 5 nitrogen and oxygen atoms in total. The average Bonchev–Trinajstić information content (AvgIpc) is 2.87. The number of quaternary nitrogens is 1.